The predicted octanol–water partition coefficient (Wildman–Crippen LogP) is 5.10. The molecule has 5 rings (SSSR count). The number of carbonyl (C=O) groups excluding carboxylic acids is 1. The second-order valence-electron chi connectivity index (χ2n) is 8.30. The van der Waals surface area contributed by atoms with Gasteiger partial charge >= 0.3 is 0 Å². The normalized spacial score (nSPS) is 15.7. The van der Waals surface area contributed by atoms with Crippen molar-refractivity contribution in [1.82, 2.24) is 14.8 Å². The molecule has 7 nitrogen and oxygen atoms in total. The number of halogens is 2. The first-order valence-electron chi connectivity index (χ1n) is 11.2. The van der Waals surface area contributed by atoms with Crippen molar-refractivity contribution >= 4 is 29.0 Å². The fraction of sp³-hybridized carbons (Fsp3) is 0.192. The number of para-hydroxylation sites is 1. The molecule has 3 heterocycles. The zero-order valence-corrected chi connectivity index (χ0v) is 19.7. The Bertz CT molecular complexity index is 1360. The summed E-state index contributed by atoms with van der Waals surface area (Å²) < 4.78 is 22.5. The number of pyridine rings is 1. The van der Waals surface area contributed by atoms with Gasteiger partial charge in [0.1, 0.15) is 17.7 Å². The Kier molecular flexibility index (Phi) is 6.48. The fourth-order valence-electron chi connectivity index (χ4n) is 4.03. The van der Waals surface area contributed by atoms with Crippen molar-refractivity contribution in [2.45, 2.75) is 6.10 Å². The first kappa shape index (κ1) is 23.0. The fourth-order valence-corrected chi connectivity index (χ4v) is 4.19. The average molecular weight is 492 g/mol. The number of aryl methyl sites for hydroxylation is 1. The van der Waals surface area contributed by atoms with Gasteiger partial charge in [0.15, 0.2) is 0 Å². The minimum absolute atomic E-state index is 0.197. The van der Waals surface area contributed by atoms with Crippen molar-refractivity contribution < 1.29 is 13.9 Å². The Hall–Kier alpha value is -3.75. The number of ether oxygens (including phenoxy) is 1. The summed E-state index contributed by atoms with van der Waals surface area (Å²) in [5.41, 5.74) is 2.60. The highest BCUT2D eigenvalue weighted by Crippen LogP contribution is 2.30. The largest absolute Gasteiger partial charge is 0.370 e. The van der Waals surface area contributed by atoms with Crippen molar-refractivity contribution in [2.75, 3.05) is 29.9 Å². The Morgan fingerprint density at radius 3 is 2.74 bits per heavy atom. The van der Waals surface area contributed by atoms with Crippen molar-refractivity contribution in [1.29, 1.82) is 0 Å². The van der Waals surface area contributed by atoms with E-state index in [9.17, 15) is 9.18 Å². The van der Waals surface area contributed by atoms with E-state index in [4.69, 9.17) is 21.3 Å². The van der Waals surface area contributed by atoms with Crippen LogP contribution in [0.25, 0.3) is 11.3 Å². The quantitative estimate of drug-likeness (QED) is 0.420. The van der Waals surface area contributed by atoms with Crippen LogP contribution in [0.2, 0.25) is 5.02 Å². The zero-order valence-electron chi connectivity index (χ0n) is 19.0. The highest BCUT2D eigenvalue weighted by Gasteiger charge is 2.25. The van der Waals surface area contributed by atoms with Crippen LogP contribution in [0.5, 0.6) is 0 Å². The van der Waals surface area contributed by atoms with Crippen LogP contribution in [0.4, 0.5) is 15.9 Å². The highest BCUT2D eigenvalue weighted by molar-refractivity contribution is 6.30. The molecule has 1 fully saturated rings. The number of rotatable bonds is 5. The minimum atomic E-state index is -0.508. The predicted molar refractivity (Wildman–Crippen MR) is 133 cm³/mol. The SMILES string of the molecule is Cn1cc(C2CN(c3cc(C(=O)Nc4ccccc4)cc(-c4ccc(Cl)cc4F)n3)CCO2)cn1. The van der Waals surface area contributed by atoms with Crippen LogP contribution in [0.3, 0.4) is 0 Å². The molecule has 35 heavy (non-hydrogen) atoms. The molecule has 178 valence electrons. The van der Waals surface area contributed by atoms with Gasteiger partial charge in [-0.05, 0) is 42.5 Å². The van der Waals surface area contributed by atoms with Gasteiger partial charge in [-0.1, -0.05) is 29.8 Å². The van der Waals surface area contributed by atoms with Crippen molar-refractivity contribution in [2.24, 2.45) is 7.05 Å². The summed E-state index contributed by atoms with van der Waals surface area (Å²) >= 11 is 5.95. The number of nitrogens with one attached hydrogen (secondary N) is 1. The van der Waals surface area contributed by atoms with Gasteiger partial charge in [0.05, 0.1) is 18.5 Å². The van der Waals surface area contributed by atoms with Gasteiger partial charge in [0.2, 0.25) is 0 Å². The van der Waals surface area contributed by atoms with Crippen LogP contribution in [-0.2, 0) is 11.8 Å². The second kappa shape index (κ2) is 9.85. The topological polar surface area (TPSA) is 72.3 Å². The van der Waals surface area contributed by atoms with Crippen LogP contribution in [0, 0.1) is 5.82 Å². The molecular weight excluding hydrogens is 469 g/mol. The van der Waals surface area contributed by atoms with Crippen molar-refractivity contribution in [3.8, 4) is 11.3 Å². The molecule has 1 atom stereocenters. The minimum Gasteiger partial charge on any atom is -0.370 e. The van der Waals surface area contributed by atoms with Crippen molar-refractivity contribution in [3.05, 3.63) is 95.0 Å². The van der Waals surface area contributed by atoms with Gasteiger partial charge in [-0.2, -0.15) is 5.10 Å². The average Bonchev–Trinajstić information content (AvgIpc) is 3.31. The van der Waals surface area contributed by atoms with E-state index in [0.717, 1.165) is 5.56 Å². The highest BCUT2D eigenvalue weighted by atomic mass is 35.5. The number of aromatic nitrogens is 3. The summed E-state index contributed by atoms with van der Waals surface area (Å²) in [6.45, 7) is 1.58. The van der Waals surface area contributed by atoms with Gasteiger partial charge in [0.25, 0.3) is 5.91 Å². The maximum atomic E-state index is 14.8. The molecule has 0 bridgehead atoms. The van der Waals surface area contributed by atoms with Gasteiger partial charge in [-0.3, -0.25) is 9.48 Å². The van der Waals surface area contributed by atoms with E-state index in [2.05, 4.69) is 10.4 Å². The monoisotopic (exact) mass is 491 g/mol. The third kappa shape index (κ3) is 5.18. The number of nitrogens with zero attached hydrogens (tertiary/aromatic N) is 4. The van der Waals surface area contributed by atoms with Crippen LogP contribution < -0.4 is 10.2 Å². The van der Waals surface area contributed by atoms with Crippen LogP contribution in [0.1, 0.15) is 22.0 Å². The molecule has 0 aliphatic carbocycles. The van der Waals surface area contributed by atoms with E-state index < -0.39 is 5.82 Å². The molecule has 1 N–H and O–H groups in total. The van der Waals surface area contributed by atoms with E-state index in [1.165, 1.54) is 6.07 Å². The summed E-state index contributed by atoms with van der Waals surface area (Å²) in [4.78, 5) is 19.9. The number of carbonyl (C=O) groups is 1. The molecule has 0 saturated carbocycles. The molecule has 1 amide bonds. The summed E-state index contributed by atoms with van der Waals surface area (Å²) in [5, 5.41) is 7.42. The Balaban J connectivity index is 1.51. The Morgan fingerprint density at radius 2 is 2.00 bits per heavy atom. The smallest absolute Gasteiger partial charge is 0.255 e. The van der Waals surface area contributed by atoms with Crippen LogP contribution >= 0.6 is 11.6 Å². The summed E-state index contributed by atoms with van der Waals surface area (Å²) in [5.74, 6) is -0.258. The van der Waals surface area contributed by atoms with E-state index in [1.807, 2.05) is 36.3 Å². The number of amides is 1. The van der Waals surface area contributed by atoms with Gasteiger partial charge in [-0.25, -0.2) is 9.37 Å². The second-order valence-corrected chi connectivity index (χ2v) is 8.73. The molecule has 4 aromatic rings. The summed E-state index contributed by atoms with van der Waals surface area (Å²) in [7, 11) is 1.85. The van der Waals surface area contributed by atoms with Gasteiger partial charge in [0, 0.05) is 53.7 Å². The Labute approximate surface area is 207 Å². The van der Waals surface area contributed by atoms with Crippen LogP contribution in [-0.4, -0.2) is 40.4 Å². The third-order valence-corrected chi connectivity index (χ3v) is 6.03. The standard InChI is InChI=1S/C26H23ClFN5O2/c1-32-15-18(14-29-32)24-16-33(9-10-35-24)25-12-17(26(34)30-20-5-3-2-4-6-20)11-23(31-25)21-8-7-19(27)13-22(21)28/h2-8,11-15,24H,9-10,16H2,1H3,(H,30,34). The number of benzene rings is 2. The molecule has 0 spiro atoms. The van der Waals surface area contributed by atoms with Crippen LogP contribution in [0.15, 0.2) is 73.1 Å². The molecule has 1 unspecified atom stereocenters. The van der Waals surface area contributed by atoms with Gasteiger partial charge < -0.3 is 15.0 Å². The molecule has 2 aromatic carbocycles. The maximum Gasteiger partial charge on any atom is 0.255 e. The summed E-state index contributed by atoms with van der Waals surface area (Å²) in [6.07, 6.45) is 3.50. The van der Waals surface area contributed by atoms with E-state index in [0.29, 0.717) is 42.5 Å². The van der Waals surface area contributed by atoms with E-state index in [1.54, 1.807) is 47.3 Å². The molecular formula is C26H23ClFN5O2. The number of hydrogen-bond donors (Lipinski definition) is 1. The maximum absolute atomic E-state index is 14.8. The lowest BCUT2D eigenvalue weighted by Gasteiger charge is -2.33. The molecule has 1 saturated heterocycles. The molecule has 0 radical (unpaired) electrons. The molecule has 2 aromatic heterocycles. The molecule has 1 aliphatic heterocycles. The molecule has 9 heteroatoms. The third-order valence-electron chi connectivity index (χ3n) is 5.80. The van der Waals surface area contributed by atoms with E-state index in [-0.39, 0.29) is 22.6 Å². The summed E-state index contributed by atoms with van der Waals surface area (Å²) in [6, 6.07) is 16.9. The van der Waals surface area contributed by atoms with Gasteiger partial charge in [-0.15, -0.1) is 0 Å². The van der Waals surface area contributed by atoms with Crippen molar-refractivity contribution in [3.63, 3.8) is 0 Å². The zero-order chi connectivity index (χ0) is 24.4. The lowest BCUT2D eigenvalue weighted by atomic mass is 10.1. The lowest BCUT2D eigenvalue weighted by Crippen LogP contribution is -2.39. The lowest BCUT2D eigenvalue weighted by molar-refractivity contribution is 0.0395. The first-order chi connectivity index (χ1) is 17.0. The Morgan fingerprint density at radius 1 is 1.17 bits per heavy atom. The number of anilines is 2. The number of hydrogen-bond acceptors (Lipinski definition) is 5. The first-order valence-corrected chi connectivity index (χ1v) is 11.5. The molecule has 1 aliphatic rings. The van der Waals surface area contributed by atoms with E-state index >= 15 is 0 Å². The number of morpholine rings is 1.